The maximum absolute atomic E-state index is 12.5. The highest BCUT2D eigenvalue weighted by atomic mass is 16.2. The van der Waals surface area contributed by atoms with Crippen LogP contribution in [0.5, 0.6) is 0 Å². The monoisotopic (exact) mass is 444 g/mol. The highest BCUT2D eigenvalue weighted by Gasteiger charge is 2.24. The fourth-order valence-corrected chi connectivity index (χ4v) is 3.85. The van der Waals surface area contributed by atoms with Crippen molar-refractivity contribution in [2.45, 2.75) is 58.0 Å². The maximum atomic E-state index is 12.5. The summed E-state index contributed by atoms with van der Waals surface area (Å²) in [6, 6.07) is 3.44. The molecule has 1 aliphatic rings. The largest absolute Gasteiger partial charge is 0.350 e. The molecule has 0 bridgehead atoms. The minimum Gasteiger partial charge on any atom is -0.350 e. The molecule has 1 fully saturated rings. The summed E-state index contributed by atoms with van der Waals surface area (Å²) in [5, 5.41) is 7.36. The number of hydrogen-bond donors (Lipinski definition) is 2. The summed E-state index contributed by atoms with van der Waals surface area (Å²) in [4.78, 5) is 53.1. The number of piperidine rings is 1. The van der Waals surface area contributed by atoms with Gasteiger partial charge in [0.15, 0.2) is 0 Å². The van der Waals surface area contributed by atoms with Crippen LogP contribution in [-0.2, 0) is 19.0 Å². The normalized spacial score (nSPS) is 17.3. The van der Waals surface area contributed by atoms with Crippen LogP contribution < -0.4 is 22.1 Å². The minimum absolute atomic E-state index is 0.0933. The number of aromatic amines is 1. The molecule has 10 heteroatoms. The van der Waals surface area contributed by atoms with E-state index in [1.54, 1.807) is 12.1 Å². The summed E-state index contributed by atoms with van der Waals surface area (Å²) in [7, 11) is 1.32. The predicted octanol–water partition coefficient (Wildman–Crippen LogP) is 0.212. The molecule has 0 saturated carbocycles. The van der Waals surface area contributed by atoms with Gasteiger partial charge in [0.25, 0.3) is 17.0 Å². The third-order valence-electron chi connectivity index (χ3n) is 5.91. The lowest BCUT2D eigenvalue weighted by Gasteiger charge is -2.35. The molecule has 1 saturated heterocycles. The SMILES string of the molecule is Cn1c(=O)[nH]cc(C(=O)NCC2CCCCN2CCn2nc(C(C)(C)C)ccc2=O)c1=O. The molecular formula is C22H32N6O4. The van der Waals surface area contributed by atoms with Crippen LogP contribution in [0.1, 0.15) is 56.1 Å². The Hall–Kier alpha value is -3.01. The Morgan fingerprint density at radius 1 is 1.19 bits per heavy atom. The summed E-state index contributed by atoms with van der Waals surface area (Å²) < 4.78 is 2.38. The molecule has 3 rings (SSSR count). The number of carbonyl (C=O) groups excluding carboxylic acids is 1. The summed E-state index contributed by atoms with van der Waals surface area (Å²) in [5.74, 6) is -0.511. The number of likely N-dealkylation sites (tertiary alicyclic amines) is 1. The average molecular weight is 445 g/mol. The third kappa shape index (κ3) is 5.42. The van der Waals surface area contributed by atoms with Crippen molar-refractivity contribution in [3.63, 3.8) is 0 Å². The van der Waals surface area contributed by atoms with E-state index in [0.717, 1.165) is 42.3 Å². The summed E-state index contributed by atoms with van der Waals surface area (Å²) >= 11 is 0. The topological polar surface area (TPSA) is 122 Å². The van der Waals surface area contributed by atoms with Crippen LogP contribution in [0.25, 0.3) is 0 Å². The fraction of sp³-hybridized carbons (Fsp3) is 0.591. The average Bonchev–Trinajstić information content (AvgIpc) is 2.75. The molecule has 1 amide bonds. The first-order valence-corrected chi connectivity index (χ1v) is 11.0. The van der Waals surface area contributed by atoms with Crippen LogP contribution in [0, 0.1) is 0 Å². The Labute approximate surface area is 186 Å². The number of aromatic nitrogens is 4. The molecular weight excluding hydrogens is 412 g/mol. The zero-order chi connectivity index (χ0) is 23.5. The Bertz CT molecular complexity index is 1140. The maximum Gasteiger partial charge on any atom is 0.328 e. The number of nitrogens with zero attached hydrogens (tertiary/aromatic N) is 4. The van der Waals surface area contributed by atoms with Gasteiger partial charge < -0.3 is 10.3 Å². The van der Waals surface area contributed by atoms with E-state index in [9.17, 15) is 19.2 Å². The molecule has 2 N–H and O–H groups in total. The quantitative estimate of drug-likeness (QED) is 0.657. The second-order valence-electron chi connectivity index (χ2n) is 9.30. The van der Waals surface area contributed by atoms with Crippen molar-refractivity contribution < 1.29 is 4.79 Å². The summed E-state index contributed by atoms with van der Waals surface area (Å²) in [5.41, 5.74) is -0.702. The van der Waals surface area contributed by atoms with E-state index in [4.69, 9.17) is 0 Å². The van der Waals surface area contributed by atoms with Gasteiger partial charge in [-0.05, 0) is 25.5 Å². The Morgan fingerprint density at radius 2 is 1.94 bits per heavy atom. The molecule has 0 aliphatic carbocycles. The summed E-state index contributed by atoms with van der Waals surface area (Å²) in [6.07, 6.45) is 4.16. The van der Waals surface area contributed by atoms with Gasteiger partial charge >= 0.3 is 5.69 Å². The van der Waals surface area contributed by atoms with Crippen LogP contribution in [0.15, 0.2) is 32.7 Å². The second kappa shape index (κ2) is 9.64. The molecule has 0 radical (unpaired) electrons. The van der Waals surface area contributed by atoms with E-state index in [1.807, 2.05) is 0 Å². The number of rotatable bonds is 6. The Kier molecular flexibility index (Phi) is 7.12. The predicted molar refractivity (Wildman–Crippen MR) is 121 cm³/mol. The second-order valence-corrected chi connectivity index (χ2v) is 9.30. The van der Waals surface area contributed by atoms with Crippen molar-refractivity contribution in [3.05, 3.63) is 60.8 Å². The van der Waals surface area contributed by atoms with Crippen LogP contribution in [0.2, 0.25) is 0 Å². The van der Waals surface area contributed by atoms with Crippen molar-refractivity contribution >= 4 is 5.91 Å². The van der Waals surface area contributed by atoms with Gasteiger partial charge in [0.2, 0.25) is 0 Å². The van der Waals surface area contributed by atoms with Crippen LogP contribution in [0.3, 0.4) is 0 Å². The first-order valence-electron chi connectivity index (χ1n) is 11.0. The lowest BCUT2D eigenvalue weighted by atomic mass is 9.92. The molecule has 32 heavy (non-hydrogen) atoms. The van der Waals surface area contributed by atoms with Crippen molar-refractivity contribution in [2.75, 3.05) is 19.6 Å². The lowest BCUT2D eigenvalue weighted by Crippen LogP contribution is -2.49. The summed E-state index contributed by atoms with van der Waals surface area (Å²) in [6.45, 7) is 8.53. The van der Waals surface area contributed by atoms with E-state index in [2.05, 4.69) is 41.1 Å². The third-order valence-corrected chi connectivity index (χ3v) is 5.91. The molecule has 2 aromatic rings. The fourth-order valence-electron chi connectivity index (χ4n) is 3.85. The molecule has 0 aromatic carbocycles. The van der Waals surface area contributed by atoms with E-state index in [0.29, 0.717) is 19.6 Å². The van der Waals surface area contributed by atoms with Gasteiger partial charge in [-0.1, -0.05) is 27.2 Å². The smallest absolute Gasteiger partial charge is 0.328 e. The number of amides is 1. The van der Waals surface area contributed by atoms with E-state index >= 15 is 0 Å². The van der Waals surface area contributed by atoms with Gasteiger partial charge in [0, 0.05) is 43.9 Å². The van der Waals surface area contributed by atoms with Gasteiger partial charge in [-0.25, -0.2) is 9.48 Å². The minimum atomic E-state index is -0.629. The van der Waals surface area contributed by atoms with Crippen LogP contribution in [-0.4, -0.2) is 55.8 Å². The Balaban J connectivity index is 1.65. The van der Waals surface area contributed by atoms with Crippen molar-refractivity contribution in [2.24, 2.45) is 7.05 Å². The van der Waals surface area contributed by atoms with Crippen LogP contribution >= 0.6 is 0 Å². The number of nitrogens with one attached hydrogen (secondary N) is 2. The zero-order valence-electron chi connectivity index (χ0n) is 19.2. The van der Waals surface area contributed by atoms with Gasteiger partial charge in [-0.3, -0.25) is 23.9 Å². The molecule has 1 aliphatic heterocycles. The first kappa shape index (κ1) is 23.6. The zero-order valence-corrected chi connectivity index (χ0v) is 19.2. The van der Waals surface area contributed by atoms with Gasteiger partial charge in [-0.2, -0.15) is 5.10 Å². The molecule has 2 aromatic heterocycles. The molecule has 0 spiro atoms. The van der Waals surface area contributed by atoms with Gasteiger partial charge in [-0.15, -0.1) is 0 Å². The van der Waals surface area contributed by atoms with E-state index < -0.39 is 17.2 Å². The van der Waals surface area contributed by atoms with E-state index in [-0.39, 0.29) is 22.6 Å². The number of H-pyrrole nitrogens is 1. The molecule has 10 nitrogen and oxygen atoms in total. The Morgan fingerprint density at radius 3 is 2.66 bits per heavy atom. The molecule has 174 valence electrons. The van der Waals surface area contributed by atoms with Crippen LogP contribution in [0.4, 0.5) is 0 Å². The van der Waals surface area contributed by atoms with Crippen molar-refractivity contribution in [1.82, 2.24) is 29.5 Å². The lowest BCUT2D eigenvalue weighted by molar-refractivity contribution is 0.0906. The highest BCUT2D eigenvalue weighted by molar-refractivity contribution is 5.93. The van der Waals surface area contributed by atoms with Crippen molar-refractivity contribution in [3.8, 4) is 0 Å². The molecule has 1 unspecified atom stereocenters. The van der Waals surface area contributed by atoms with Gasteiger partial charge in [0.05, 0.1) is 12.2 Å². The molecule has 3 heterocycles. The number of hydrogen-bond acceptors (Lipinski definition) is 6. The highest BCUT2D eigenvalue weighted by Crippen LogP contribution is 2.19. The number of carbonyl (C=O) groups is 1. The first-order chi connectivity index (χ1) is 15.1. The van der Waals surface area contributed by atoms with Gasteiger partial charge in [0.1, 0.15) is 5.56 Å². The molecule has 1 atom stereocenters. The van der Waals surface area contributed by atoms with Crippen molar-refractivity contribution in [1.29, 1.82) is 0 Å². The van der Waals surface area contributed by atoms with E-state index in [1.165, 1.54) is 11.7 Å². The standard InChI is InChI=1S/C22H32N6O4/c1-22(2,3)17-8-9-18(29)28(25-17)12-11-27-10-6-5-7-15(27)13-23-19(30)16-14-24-21(32)26(4)20(16)31/h8-9,14-15H,5-7,10-13H2,1-4H3,(H,23,30)(H,24,32).